The van der Waals surface area contributed by atoms with E-state index in [1.165, 1.54) is 6.07 Å². The van der Waals surface area contributed by atoms with E-state index in [1.54, 1.807) is 12.1 Å². The molecule has 0 saturated heterocycles. The predicted octanol–water partition coefficient (Wildman–Crippen LogP) is 3.15. The highest BCUT2D eigenvalue weighted by Crippen LogP contribution is 2.11. The molecule has 1 rings (SSSR count). The third kappa shape index (κ3) is 4.26. The third-order valence-electron chi connectivity index (χ3n) is 2.18. The predicted molar refractivity (Wildman–Crippen MR) is 63.3 cm³/mol. The van der Waals surface area contributed by atoms with Crippen molar-refractivity contribution in [1.82, 2.24) is 5.32 Å². The SMILES string of the molecule is Cc1ccc(F)cc1/C=C/CNC(C)C. The molecular weight excluding hydrogens is 189 g/mol. The maximum atomic E-state index is 12.9. The minimum Gasteiger partial charge on any atom is -0.311 e. The van der Waals surface area contributed by atoms with Crippen LogP contribution in [0.1, 0.15) is 25.0 Å². The molecule has 0 amide bonds. The molecule has 0 bridgehead atoms. The van der Waals surface area contributed by atoms with E-state index in [4.69, 9.17) is 0 Å². The highest BCUT2D eigenvalue weighted by atomic mass is 19.1. The summed E-state index contributed by atoms with van der Waals surface area (Å²) in [4.78, 5) is 0. The topological polar surface area (TPSA) is 12.0 Å². The molecule has 1 nitrogen and oxygen atoms in total. The summed E-state index contributed by atoms with van der Waals surface area (Å²) >= 11 is 0. The van der Waals surface area contributed by atoms with Crippen LogP contribution in [-0.2, 0) is 0 Å². The van der Waals surface area contributed by atoms with Crippen molar-refractivity contribution in [2.45, 2.75) is 26.8 Å². The summed E-state index contributed by atoms with van der Waals surface area (Å²) < 4.78 is 12.9. The monoisotopic (exact) mass is 207 g/mol. The number of nitrogens with one attached hydrogen (secondary N) is 1. The van der Waals surface area contributed by atoms with Gasteiger partial charge in [0.2, 0.25) is 0 Å². The fourth-order valence-electron chi connectivity index (χ4n) is 1.28. The van der Waals surface area contributed by atoms with Gasteiger partial charge in [-0.3, -0.25) is 0 Å². The van der Waals surface area contributed by atoms with Crippen LogP contribution in [-0.4, -0.2) is 12.6 Å². The summed E-state index contributed by atoms with van der Waals surface area (Å²) in [7, 11) is 0. The average Bonchev–Trinajstić information content (AvgIpc) is 2.17. The van der Waals surface area contributed by atoms with Crippen LogP contribution in [0.4, 0.5) is 4.39 Å². The van der Waals surface area contributed by atoms with Crippen molar-refractivity contribution in [3.05, 3.63) is 41.2 Å². The summed E-state index contributed by atoms with van der Waals surface area (Å²) in [6.07, 6.45) is 3.97. The first-order valence-electron chi connectivity index (χ1n) is 5.25. The second-order valence-corrected chi connectivity index (χ2v) is 3.97. The van der Waals surface area contributed by atoms with Crippen molar-refractivity contribution >= 4 is 6.08 Å². The van der Waals surface area contributed by atoms with Gasteiger partial charge < -0.3 is 5.32 Å². The molecule has 0 unspecified atom stereocenters. The molecule has 2 heteroatoms. The van der Waals surface area contributed by atoms with Gasteiger partial charge in [-0.15, -0.1) is 0 Å². The molecular formula is C13H18FN. The molecule has 1 N–H and O–H groups in total. The highest BCUT2D eigenvalue weighted by molar-refractivity contribution is 5.53. The minimum absolute atomic E-state index is 0.183. The maximum Gasteiger partial charge on any atom is 0.123 e. The molecule has 82 valence electrons. The number of aryl methyl sites for hydroxylation is 1. The summed E-state index contributed by atoms with van der Waals surface area (Å²) in [5.41, 5.74) is 2.04. The van der Waals surface area contributed by atoms with Crippen LogP contribution in [0.2, 0.25) is 0 Å². The Kier molecular flexibility index (Phi) is 4.50. The molecule has 0 fully saturated rings. The van der Waals surface area contributed by atoms with Crippen molar-refractivity contribution in [2.24, 2.45) is 0 Å². The largest absolute Gasteiger partial charge is 0.311 e. The van der Waals surface area contributed by atoms with Gasteiger partial charge in [-0.05, 0) is 30.2 Å². The zero-order valence-electron chi connectivity index (χ0n) is 9.55. The second kappa shape index (κ2) is 5.66. The number of hydrogen-bond acceptors (Lipinski definition) is 1. The van der Waals surface area contributed by atoms with Crippen molar-refractivity contribution in [2.75, 3.05) is 6.54 Å². The molecule has 0 aliphatic carbocycles. The Morgan fingerprint density at radius 1 is 1.40 bits per heavy atom. The summed E-state index contributed by atoms with van der Waals surface area (Å²) in [6.45, 7) is 6.99. The quantitative estimate of drug-likeness (QED) is 0.799. The fraction of sp³-hybridized carbons (Fsp3) is 0.385. The first-order chi connectivity index (χ1) is 7.09. The van der Waals surface area contributed by atoms with Crippen LogP contribution < -0.4 is 5.32 Å². The zero-order valence-corrected chi connectivity index (χ0v) is 9.55. The van der Waals surface area contributed by atoms with Gasteiger partial charge in [-0.2, -0.15) is 0 Å². The molecule has 15 heavy (non-hydrogen) atoms. The lowest BCUT2D eigenvalue weighted by molar-refractivity contribution is 0.626. The van der Waals surface area contributed by atoms with Crippen molar-refractivity contribution in [1.29, 1.82) is 0 Å². The lowest BCUT2D eigenvalue weighted by Crippen LogP contribution is -2.22. The van der Waals surface area contributed by atoms with E-state index in [9.17, 15) is 4.39 Å². The van der Waals surface area contributed by atoms with Crippen molar-refractivity contribution in [3.63, 3.8) is 0 Å². The highest BCUT2D eigenvalue weighted by Gasteiger charge is 1.96. The Morgan fingerprint density at radius 2 is 2.13 bits per heavy atom. The van der Waals surface area contributed by atoms with E-state index in [0.29, 0.717) is 6.04 Å². The van der Waals surface area contributed by atoms with Crippen LogP contribution in [0.3, 0.4) is 0 Å². The first kappa shape index (κ1) is 11.9. The molecule has 0 spiro atoms. The van der Waals surface area contributed by atoms with E-state index >= 15 is 0 Å². The number of hydrogen-bond donors (Lipinski definition) is 1. The van der Waals surface area contributed by atoms with Crippen LogP contribution in [0, 0.1) is 12.7 Å². The van der Waals surface area contributed by atoms with Gasteiger partial charge in [0, 0.05) is 12.6 Å². The smallest absolute Gasteiger partial charge is 0.123 e. The van der Waals surface area contributed by atoms with E-state index in [0.717, 1.165) is 17.7 Å². The third-order valence-corrected chi connectivity index (χ3v) is 2.18. The van der Waals surface area contributed by atoms with Gasteiger partial charge >= 0.3 is 0 Å². The number of rotatable bonds is 4. The average molecular weight is 207 g/mol. The van der Waals surface area contributed by atoms with E-state index in [-0.39, 0.29) is 5.82 Å². The molecule has 0 aliphatic heterocycles. The van der Waals surface area contributed by atoms with Gasteiger partial charge in [-0.1, -0.05) is 32.1 Å². The molecule has 1 aromatic rings. The van der Waals surface area contributed by atoms with Gasteiger partial charge in [0.1, 0.15) is 5.82 Å². The van der Waals surface area contributed by atoms with Gasteiger partial charge in [0.25, 0.3) is 0 Å². The lowest BCUT2D eigenvalue weighted by atomic mass is 10.1. The standard InChI is InChI=1S/C13H18FN/c1-10(2)15-8-4-5-12-9-13(14)7-6-11(12)3/h4-7,9-10,15H,8H2,1-3H3/b5-4+. The molecule has 0 atom stereocenters. The Labute approximate surface area is 91.0 Å². The number of halogens is 1. The van der Waals surface area contributed by atoms with Crippen LogP contribution in [0.25, 0.3) is 6.08 Å². The molecule has 1 aromatic carbocycles. The summed E-state index contributed by atoms with van der Waals surface area (Å²) in [5.74, 6) is -0.183. The Morgan fingerprint density at radius 3 is 2.80 bits per heavy atom. The Bertz CT molecular complexity index is 342. The summed E-state index contributed by atoms with van der Waals surface area (Å²) in [5, 5.41) is 3.27. The van der Waals surface area contributed by atoms with Gasteiger partial charge in [0.15, 0.2) is 0 Å². The fourth-order valence-corrected chi connectivity index (χ4v) is 1.28. The molecule has 0 saturated carbocycles. The van der Waals surface area contributed by atoms with E-state index in [1.807, 2.05) is 19.1 Å². The van der Waals surface area contributed by atoms with Gasteiger partial charge in [0.05, 0.1) is 0 Å². The van der Waals surface area contributed by atoms with Crippen molar-refractivity contribution < 1.29 is 4.39 Å². The molecule has 0 aliphatic rings. The number of benzene rings is 1. The first-order valence-corrected chi connectivity index (χ1v) is 5.25. The van der Waals surface area contributed by atoms with Crippen LogP contribution >= 0.6 is 0 Å². The van der Waals surface area contributed by atoms with Crippen LogP contribution in [0.15, 0.2) is 24.3 Å². The normalized spacial score (nSPS) is 11.5. The molecule has 0 aromatic heterocycles. The minimum atomic E-state index is -0.183. The maximum absolute atomic E-state index is 12.9. The van der Waals surface area contributed by atoms with E-state index in [2.05, 4.69) is 19.2 Å². The second-order valence-electron chi connectivity index (χ2n) is 3.97. The lowest BCUT2D eigenvalue weighted by Gasteiger charge is -2.04. The molecule has 0 heterocycles. The molecule has 0 radical (unpaired) electrons. The summed E-state index contributed by atoms with van der Waals surface area (Å²) in [6, 6.07) is 5.31. The Hall–Kier alpha value is -1.15. The van der Waals surface area contributed by atoms with Crippen molar-refractivity contribution in [3.8, 4) is 0 Å². The van der Waals surface area contributed by atoms with Crippen LogP contribution in [0.5, 0.6) is 0 Å². The zero-order chi connectivity index (χ0) is 11.3. The van der Waals surface area contributed by atoms with Gasteiger partial charge in [-0.25, -0.2) is 4.39 Å². The Balaban J connectivity index is 2.59. The van der Waals surface area contributed by atoms with E-state index < -0.39 is 0 Å².